The summed E-state index contributed by atoms with van der Waals surface area (Å²) >= 11 is 0. The van der Waals surface area contributed by atoms with Gasteiger partial charge in [-0.25, -0.2) is 9.50 Å². The highest BCUT2D eigenvalue weighted by Crippen LogP contribution is 2.33. The zero-order valence-corrected chi connectivity index (χ0v) is 16.3. The molecule has 8 nitrogen and oxygen atoms in total. The van der Waals surface area contributed by atoms with E-state index in [0.717, 1.165) is 52.3 Å². The number of rotatable bonds is 4. The monoisotopic (exact) mass is 389 g/mol. The molecular weight excluding hydrogens is 366 g/mol. The van der Waals surface area contributed by atoms with Crippen LogP contribution in [0.3, 0.4) is 0 Å². The Morgan fingerprint density at radius 3 is 2.79 bits per heavy atom. The average molecular weight is 389 g/mol. The van der Waals surface area contributed by atoms with Gasteiger partial charge in [-0.05, 0) is 38.0 Å². The first-order chi connectivity index (χ1) is 14.3. The number of anilines is 1. The first kappa shape index (κ1) is 16.8. The summed E-state index contributed by atoms with van der Waals surface area (Å²) in [6.45, 7) is 4.66. The molecule has 0 spiro atoms. The van der Waals surface area contributed by atoms with Gasteiger partial charge in [0.2, 0.25) is 0 Å². The molecule has 29 heavy (non-hydrogen) atoms. The highest BCUT2D eigenvalue weighted by atomic mass is 16.5. The molecule has 0 radical (unpaired) electrons. The SMILES string of the molecule is CCOc1cc(-c2ccc(N3CC4CCC(C3)N4)nc2)c2c3cn[nH]c3nn2c1. The Morgan fingerprint density at radius 1 is 1.17 bits per heavy atom. The lowest BCUT2D eigenvalue weighted by Crippen LogP contribution is -2.51. The zero-order valence-electron chi connectivity index (χ0n) is 16.3. The lowest BCUT2D eigenvalue weighted by Gasteiger charge is -2.33. The molecule has 6 rings (SSSR count). The molecule has 2 N–H and O–H groups in total. The van der Waals surface area contributed by atoms with E-state index in [1.807, 2.05) is 30.0 Å². The fourth-order valence-corrected chi connectivity index (χ4v) is 4.72. The van der Waals surface area contributed by atoms with Crippen molar-refractivity contribution in [3.8, 4) is 16.9 Å². The predicted molar refractivity (Wildman–Crippen MR) is 111 cm³/mol. The molecule has 2 aliphatic rings. The Bertz CT molecular complexity index is 1170. The van der Waals surface area contributed by atoms with Crippen LogP contribution in [0, 0.1) is 0 Å². The lowest BCUT2D eigenvalue weighted by atomic mass is 10.1. The third-order valence-corrected chi connectivity index (χ3v) is 6.01. The number of nitrogens with zero attached hydrogens (tertiary/aromatic N) is 5. The number of piperazine rings is 1. The van der Waals surface area contributed by atoms with Gasteiger partial charge in [-0.3, -0.25) is 5.10 Å². The normalized spacial score (nSPS) is 21.3. The molecule has 0 aromatic carbocycles. The maximum atomic E-state index is 5.78. The second kappa shape index (κ2) is 6.45. The van der Waals surface area contributed by atoms with E-state index in [1.54, 1.807) is 0 Å². The van der Waals surface area contributed by atoms with Crippen molar-refractivity contribution in [2.75, 3.05) is 24.6 Å². The van der Waals surface area contributed by atoms with Gasteiger partial charge < -0.3 is 15.0 Å². The third kappa shape index (κ3) is 2.74. The van der Waals surface area contributed by atoms with E-state index in [-0.39, 0.29) is 0 Å². The summed E-state index contributed by atoms with van der Waals surface area (Å²) in [6.07, 6.45) is 8.23. The summed E-state index contributed by atoms with van der Waals surface area (Å²) < 4.78 is 7.64. The molecule has 2 fully saturated rings. The maximum Gasteiger partial charge on any atom is 0.178 e. The van der Waals surface area contributed by atoms with E-state index in [9.17, 15) is 0 Å². The third-order valence-electron chi connectivity index (χ3n) is 6.01. The summed E-state index contributed by atoms with van der Waals surface area (Å²) in [6, 6.07) is 7.54. The number of pyridine rings is 2. The molecule has 0 aliphatic carbocycles. The van der Waals surface area contributed by atoms with E-state index in [4.69, 9.17) is 9.72 Å². The number of ether oxygens (including phenoxy) is 1. The van der Waals surface area contributed by atoms with Crippen LogP contribution in [0.1, 0.15) is 19.8 Å². The van der Waals surface area contributed by atoms with Gasteiger partial charge in [0.1, 0.15) is 11.6 Å². The van der Waals surface area contributed by atoms with Gasteiger partial charge in [0, 0.05) is 42.5 Å². The fraction of sp³-hybridized carbons (Fsp3) is 0.381. The molecule has 2 unspecified atom stereocenters. The van der Waals surface area contributed by atoms with Crippen LogP contribution in [0.15, 0.2) is 36.8 Å². The van der Waals surface area contributed by atoms with E-state index in [1.165, 1.54) is 12.8 Å². The topological polar surface area (TPSA) is 83.4 Å². The van der Waals surface area contributed by atoms with Crippen molar-refractivity contribution in [3.05, 3.63) is 36.8 Å². The molecule has 0 saturated carbocycles. The minimum atomic E-state index is 0.596. The van der Waals surface area contributed by atoms with Gasteiger partial charge >= 0.3 is 0 Å². The standard InChI is InChI=1S/C21H23N7O/c1-2-29-16-7-17(20-18-9-23-25-21(18)26-28(20)12-16)13-3-6-19(22-8-13)27-10-14-4-5-15(11-27)24-14/h3,6-9,12,14-15,24H,2,4-5,10-11H2,1H3,(H,25,26). The second-order valence-electron chi connectivity index (χ2n) is 7.90. The number of aromatic amines is 1. The summed E-state index contributed by atoms with van der Waals surface area (Å²) in [5.41, 5.74) is 3.86. The summed E-state index contributed by atoms with van der Waals surface area (Å²) in [5, 5.41) is 16.4. The van der Waals surface area contributed by atoms with Gasteiger partial charge in [-0.15, -0.1) is 5.10 Å². The van der Waals surface area contributed by atoms with Crippen molar-refractivity contribution in [2.24, 2.45) is 0 Å². The molecule has 6 heterocycles. The van der Waals surface area contributed by atoms with Crippen molar-refractivity contribution < 1.29 is 4.74 Å². The Hall–Kier alpha value is -3.13. The Labute approximate surface area is 167 Å². The minimum Gasteiger partial charge on any atom is -0.492 e. The van der Waals surface area contributed by atoms with Gasteiger partial charge in [0.25, 0.3) is 0 Å². The van der Waals surface area contributed by atoms with E-state index < -0.39 is 0 Å². The molecule has 8 heteroatoms. The number of hydrogen-bond acceptors (Lipinski definition) is 6. The van der Waals surface area contributed by atoms with Crippen molar-refractivity contribution >= 4 is 22.4 Å². The first-order valence-corrected chi connectivity index (χ1v) is 10.2. The number of aromatic nitrogens is 5. The number of H-pyrrole nitrogens is 1. The Balaban J connectivity index is 1.42. The van der Waals surface area contributed by atoms with Crippen LogP contribution in [-0.2, 0) is 0 Å². The number of fused-ring (bicyclic) bond motifs is 5. The van der Waals surface area contributed by atoms with Crippen LogP contribution in [0.2, 0.25) is 0 Å². The van der Waals surface area contributed by atoms with Gasteiger partial charge in [-0.1, -0.05) is 0 Å². The maximum absolute atomic E-state index is 5.78. The van der Waals surface area contributed by atoms with Crippen LogP contribution in [0.5, 0.6) is 5.75 Å². The van der Waals surface area contributed by atoms with Crippen LogP contribution < -0.4 is 15.0 Å². The van der Waals surface area contributed by atoms with E-state index >= 15 is 0 Å². The lowest BCUT2D eigenvalue weighted by molar-refractivity contribution is 0.338. The fourth-order valence-electron chi connectivity index (χ4n) is 4.72. The molecule has 2 aliphatic heterocycles. The predicted octanol–water partition coefficient (Wildman–Crippen LogP) is 2.61. The second-order valence-corrected chi connectivity index (χ2v) is 7.90. The Kier molecular flexibility index (Phi) is 3.73. The Morgan fingerprint density at radius 2 is 2.03 bits per heavy atom. The summed E-state index contributed by atoms with van der Waals surface area (Å²) in [4.78, 5) is 7.22. The first-order valence-electron chi connectivity index (χ1n) is 10.2. The van der Waals surface area contributed by atoms with E-state index in [2.05, 4.69) is 43.7 Å². The number of hydrogen-bond donors (Lipinski definition) is 2. The van der Waals surface area contributed by atoms with Gasteiger partial charge in [-0.2, -0.15) is 5.10 Å². The average Bonchev–Trinajstić information content (AvgIpc) is 3.42. The highest BCUT2D eigenvalue weighted by molar-refractivity contribution is 6.00. The number of nitrogens with one attached hydrogen (secondary N) is 2. The van der Waals surface area contributed by atoms with Crippen LogP contribution in [0.4, 0.5) is 5.82 Å². The van der Waals surface area contributed by atoms with Gasteiger partial charge in [0.15, 0.2) is 5.65 Å². The summed E-state index contributed by atoms with van der Waals surface area (Å²) in [5.74, 6) is 1.84. The van der Waals surface area contributed by atoms with Crippen molar-refractivity contribution in [3.63, 3.8) is 0 Å². The summed E-state index contributed by atoms with van der Waals surface area (Å²) in [7, 11) is 0. The smallest absolute Gasteiger partial charge is 0.178 e. The highest BCUT2D eigenvalue weighted by Gasteiger charge is 2.32. The van der Waals surface area contributed by atoms with Crippen LogP contribution in [0.25, 0.3) is 27.7 Å². The van der Waals surface area contributed by atoms with Crippen molar-refractivity contribution in [1.29, 1.82) is 0 Å². The molecular formula is C21H23N7O. The van der Waals surface area contributed by atoms with Crippen LogP contribution in [-0.4, -0.2) is 56.6 Å². The molecule has 2 bridgehead atoms. The quantitative estimate of drug-likeness (QED) is 0.558. The molecule has 148 valence electrons. The van der Waals surface area contributed by atoms with Crippen molar-refractivity contribution in [1.82, 2.24) is 30.1 Å². The van der Waals surface area contributed by atoms with E-state index in [0.29, 0.717) is 18.7 Å². The van der Waals surface area contributed by atoms with Crippen molar-refractivity contribution in [2.45, 2.75) is 31.8 Å². The molecule has 4 aromatic heterocycles. The largest absolute Gasteiger partial charge is 0.492 e. The molecule has 4 aromatic rings. The van der Waals surface area contributed by atoms with Gasteiger partial charge in [0.05, 0.1) is 29.9 Å². The molecule has 0 amide bonds. The molecule has 2 saturated heterocycles. The van der Waals surface area contributed by atoms with Crippen LogP contribution >= 0.6 is 0 Å². The molecule has 2 atom stereocenters. The minimum absolute atomic E-state index is 0.596. The zero-order chi connectivity index (χ0) is 19.4.